The Morgan fingerprint density at radius 3 is 2.39 bits per heavy atom. The summed E-state index contributed by atoms with van der Waals surface area (Å²) in [6.45, 7) is 11.0. The highest BCUT2D eigenvalue weighted by Crippen LogP contribution is 2.17. The number of methoxy groups -OCH3 is 1. The van der Waals surface area contributed by atoms with Crippen molar-refractivity contribution in [2.75, 3.05) is 20.2 Å². The molecule has 18 heavy (non-hydrogen) atoms. The smallest absolute Gasteiger partial charge is 0.410 e. The summed E-state index contributed by atoms with van der Waals surface area (Å²) in [4.78, 5) is 13.7. The van der Waals surface area contributed by atoms with Crippen LogP contribution in [0.25, 0.3) is 0 Å². The van der Waals surface area contributed by atoms with Crippen LogP contribution in [0.15, 0.2) is 0 Å². The number of hydrogen-bond acceptors (Lipinski definition) is 4. The van der Waals surface area contributed by atoms with E-state index in [0.717, 1.165) is 0 Å². The predicted molar refractivity (Wildman–Crippen MR) is 70.7 cm³/mol. The van der Waals surface area contributed by atoms with Crippen molar-refractivity contribution in [3.05, 3.63) is 0 Å². The fourth-order valence-electron chi connectivity index (χ4n) is 2.08. The van der Waals surface area contributed by atoms with E-state index >= 15 is 0 Å². The van der Waals surface area contributed by atoms with Crippen LogP contribution in [0, 0.1) is 0 Å². The number of nitrogens with one attached hydrogen (secondary N) is 1. The lowest BCUT2D eigenvalue weighted by atomic mass is 10.2. The third kappa shape index (κ3) is 4.46. The first-order chi connectivity index (χ1) is 8.23. The average Bonchev–Trinajstić information content (AvgIpc) is 2.57. The van der Waals surface area contributed by atoms with Gasteiger partial charge in [-0.25, -0.2) is 4.79 Å². The third-order valence-corrected chi connectivity index (χ3v) is 2.77. The van der Waals surface area contributed by atoms with Gasteiger partial charge in [0.25, 0.3) is 0 Å². The van der Waals surface area contributed by atoms with Crippen LogP contribution in [0.5, 0.6) is 0 Å². The van der Waals surface area contributed by atoms with Gasteiger partial charge in [0.1, 0.15) is 5.60 Å². The van der Waals surface area contributed by atoms with Gasteiger partial charge in [0.15, 0.2) is 0 Å². The Kier molecular flexibility index (Phi) is 4.99. The highest BCUT2D eigenvalue weighted by atomic mass is 16.6. The van der Waals surface area contributed by atoms with Crippen LogP contribution in [0.1, 0.15) is 34.6 Å². The lowest BCUT2D eigenvalue weighted by molar-refractivity contribution is 0.0252. The van der Waals surface area contributed by atoms with Gasteiger partial charge in [0.2, 0.25) is 0 Å². The fourth-order valence-corrected chi connectivity index (χ4v) is 2.08. The Hall–Kier alpha value is -0.810. The molecular formula is C13H26N2O3. The van der Waals surface area contributed by atoms with Crippen LogP contribution in [0.4, 0.5) is 4.79 Å². The van der Waals surface area contributed by atoms with Crippen LogP contribution in [0.3, 0.4) is 0 Å². The van der Waals surface area contributed by atoms with Crippen LogP contribution < -0.4 is 5.32 Å². The molecule has 0 saturated carbocycles. The highest BCUT2D eigenvalue weighted by molar-refractivity contribution is 5.68. The lowest BCUT2D eigenvalue weighted by Gasteiger charge is -2.24. The van der Waals surface area contributed by atoms with Crippen LogP contribution in [-0.4, -0.2) is 55.0 Å². The van der Waals surface area contributed by atoms with E-state index in [9.17, 15) is 4.79 Å². The number of nitrogens with zero attached hydrogens (tertiary/aromatic N) is 1. The summed E-state index contributed by atoms with van der Waals surface area (Å²) in [5.74, 6) is 0. The SMILES string of the molecule is CO[C@@H]1CN(C(=O)OC(C)(C)C)C[C@H]1NC(C)C. The number of ether oxygens (including phenoxy) is 2. The molecule has 1 aliphatic heterocycles. The number of hydrogen-bond donors (Lipinski definition) is 1. The Morgan fingerprint density at radius 2 is 1.94 bits per heavy atom. The zero-order valence-electron chi connectivity index (χ0n) is 12.3. The van der Waals surface area contributed by atoms with Gasteiger partial charge in [0.05, 0.1) is 18.7 Å². The van der Waals surface area contributed by atoms with Crippen molar-refractivity contribution in [2.45, 2.75) is 58.4 Å². The Labute approximate surface area is 110 Å². The second-order valence-corrected chi connectivity index (χ2v) is 6.09. The maximum atomic E-state index is 12.0. The van der Waals surface area contributed by atoms with E-state index in [0.29, 0.717) is 19.1 Å². The quantitative estimate of drug-likeness (QED) is 0.835. The molecule has 0 radical (unpaired) electrons. The molecule has 1 heterocycles. The molecule has 0 aliphatic carbocycles. The minimum absolute atomic E-state index is 0.0277. The molecule has 1 fully saturated rings. The molecule has 0 unspecified atom stereocenters. The molecule has 1 rings (SSSR count). The molecule has 5 heteroatoms. The third-order valence-electron chi connectivity index (χ3n) is 2.77. The van der Waals surface area contributed by atoms with Crippen molar-refractivity contribution in [2.24, 2.45) is 0 Å². The number of carbonyl (C=O) groups is 1. The second kappa shape index (κ2) is 5.89. The number of carbonyl (C=O) groups excluding carboxylic acids is 1. The van der Waals surface area contributed by atoms with Crippen LogP contribution >= 0.6 is 0 Å². The molecule has 1 aliphatic rings. The summed E-state index contributed by atoms with van der Waals surface area (Å²) < 4.78 is 10.8. The van der Waals surface area contributed by atoms with Gasteiger partial charge in [-0.05, 0) is 20.8 Å². The zero-order chi connectivity index (χ0) is 13.9. The molecule has 0 aromatic rings. The first-order valence-electron chi connectivity index (χ1n) is 6.49. The number of rotatable bonds is 3. The van der Waals surface area contributed by atoms with Crippen molar-refractivity contribution in [1.29, 1.82) is 0 Å². The van der Waals surface area contributed by atoms with Gasteiger partial charge in [-0.1, -0.05) is 13.8 Å². The predicted octanol–water partition coefficient (Wildman–Crippen LogP) is 1.62. The lowest BCUT2D eigenvalue weighted by Crippen LogP contribution is -2.44. The van der Waals surface area contributed by atoms with Gasteiger partial charge < -0.3 is 19.7 Å². The summed E-state index contributed by atoms with van der Waals surface area (Å²) >= 11 is 0. The second-order valence-electron chi connectivity index (χ2n) is 6.09. The molecule has 0 spiro atoms. The molecule has 2 atom stereocenters. The van der Waals surface area contributed by atoms with E-state index in [1.54, 1.807) is 12.0 Å². The molecule has 1 saturated heterocycles. The molecule has 1 N–H and O–H groups in total. The van der Waals surface area contributed by atoms with Gasteiger partial charge in [-0.2, -0.15) is 0 Å². The minimum Gasteiger partial charge on any atom is -0.444 e. The molecule has 0 aromatic heterocycles. The van der Waals surface area contributed by atoms with Gasteiger partial charge in [0, 0.05) is 19.7 Å². The topological polar surface area (TPSA) is 50.8 Å². The van der Waals surface area contributed by atoms with Crippen molar-refractivity contribution in [3.8, 4) is 0 Å². The molecular weight excluding hydrogens is 232 g/mol. The maximum Gasteiger partial charge on any atom is 0.410 e. The molecule has 1 amide bonds. The monoisotopic (exact) mass is 258 g/mol. The summed E-state index contributed by atoms with van der Waals surface area (Å²) in [5.41, 5.74) is -0.455. The van der Waals surface area contributed by atoms with E-state index in [1.807, 2.05) is 20.8 Å². The van der Waals surface area contributed by atoms with E-state index in [2.05, 4.69) is 19.2 Å². The first-order valence-corrected chi connectivity index (χ1v) is 6.49. The number of amides is 1. The molecule has 106 valence electrons. The molecule has 5 nitrogen and oxygen atoms in total. The maximum absolute atomic E-state index is 12.0. The Bertz CT molecular complexity index is 286. The van der Waals surface area contributed by atoms with Crippen LogP contribution in [0.2, 0.25) is 0 Å². The van der Waals surface area contributed by atoms with Crippen molar-refractivity contribution in [3.63, 3.8) is 0 Å². The molecule has 0 aromatic carbocycles. The van der Waals surface area contributed by atoms with Crippen molar-refractivity contribution in [1.82, 2.24) is 10.2 Å². The zero-order valence-corrected chi connectivity index (χ0v) is 12.3. The van der Waals surface area contributed by atoms with E-state index in [-0.39, 0.29) is 18.2 Å². The minimum atomic E-state index is -0.455. The number of likely N-dealkylation sites (tertiary alicyclic amines) is 1. The summed E-state index contributed by atoms with van der Waals surface area (Å²) in [6.07, 6.45) is -0.238. The fraction of sp³-hybridized carbons (Fsp3) is 0.923. The van der Waals surface area contributed by atoms with Crippen molar-refractivity contribution < 1.29 is 14.3 Å². The normalized spacial score (nSPS) is 24.7. The summed E-state index contributed by atoms with van der Waals surface area (Å²) in [7, 11) is 1.68. The highest BCUT2D eigenvalue weighted by Gasteiger charge is 2.37. The average molecular weight is 258 g/mol. The van der Waals surface area contributed by atoms with E-state index in [4.69, 9.17) is 9.47 Å². The Morgan fingerprint density at radius 1 is 1.33 bits per heavy atom. The van der Waals surface area contributed by atoms with Crippen LogP contribution in [-0.2, 0) is 9.47 Å². The standard InChI is InChI=1S/C13H26N2O3/c1-9(2)14-10-7-15(8-11(10)17-6)12(16)18-13(3,4)5/h9-11,14H,7-8H2,1-6H3/t10-,11-/m1/s1. The molecule has 0 bridgehead atoms. The summed E-state index contributed by atoms with van der Waals surface area (Å²) in [5, 5.41) is 3.42. The van der Waals surface area contributed by atoms with E-state index < -0.39 is 5.60 Å². The summed E-state index contributed by atoms with van der Waals surface area (Å²) in [6, 6.07) is 0.536. The van der Waals surface area contributed by atoms with Gasteiger partial charge >= 0.3 is 6.09 Å². The van der Waals surface area contributed by atoms with Crippen molar-refractivity contribution >= 4 is 6.09 Å². The van der Waals surface area contributed by atoms with E-state index in [1.165, 1.54) is 0 Å². The largest absolute Gasteiger partial charge is 0.444 e. The van der Waals surface area contributed by atoms with Gasteiger partial charge in [-0.3, -0.25) is 0 Å². The van der Waals surface area contributed by atoms with Gasteiger partial charge in [-0.15, -0.1) is 0 Å². The first kappa shape index (κ1) is 15.2. The Balaban J connectivity index is 2.58.